The van der Waals surface area contributed by atoms with Crippen molar-refractivity contribution in [1.29, 1.82) is 0 Å². The van der Waals surface area contributed by atoms with Crippen LogP contribution in [-0.4, -0.2) is 40.1 Å². The number of carbonyl (C=O) groups is 2. The van der Waals surface area contributed by atoms with Gasteiger partial charge in [-0.1, -0.05) is 6.07 Å². The third-order valence-electron chi connectivity index (χ3n) is 5.13. The Kier molecular flexibility index (Phi) is 5.87. The number of imide groups is 1. The van der Waals surface area contributed by atoms with Crippen molar-refractivity contribution in [3.63, 3.8) is 0 Å². The number of rotatable bonds is 7. The fourth-order valence-corrected chi connectivity index (χ4v) is 4.24. The summed E-state index contributed by atoms with van der Waals surface area (Å²) in [5.41, 5.74) is 2.66. The van der Waals surface area contributed by atoms with E-state index in [2.05, 4.69) is 5.32 Å². The molecular formula is C24H23N3O4S. The number of amides is 2. The molecule has 0 aliphatic carbocycles. The Morgan fingerprint density at radius 3 is 2.28 bits per heavy atom. The van der Waals surface area contributed by atoms with Gasteiger partial charge in [-0.3, -0.25) is 9.59 Å². The number of ether oxygens (including phenoxy) is 2. The molecule has 0 saturated heterocycles. The molecule has 1 aliphatic rings. The van der Waals surface area contributed by atoms with Crippen LogP contribution in [0.3, 0.4) is 0 Å². The number of nitrogens with one attached hydrogen (secondary N) is 1. The zero-order valence-corrected chi connectivity index (χ0v) is 19.0. The summed E-state index contributed by atoms with van der Waals surface area (Å²) in [6, 6.07) is 16.3. The first kappa shape index (κ1) is 21.5. The van der Waals surface area contributed by atoms with Crippen LogP contribution in [-0.2, 0) is 9.59 Å². The largest absolute Gasteiger partial charge is 0.497 e. The highest BCUT2D eigenvalue weighted by molar-refractivity contribution is 7.11. The zero-order chi connectivity index (χ0) is 22.8. The number of hydrogen-bond acceptors (Lipinski definition) is 7. The van der Waals surface area contributed by atoms with Crippen molar-refractivity contribution in [2.24, 2.45) is 0 Å². The first-order valence-electron chi connectivity index (χ1n) is 9.88. The Morgan fingerprint density at radius 2 is 1.69 bits per heavy atom. The zero-order valence-electron chi connectivity index (χ0n) is 18.2. The normalized spacial score (nSPS) is 13.6. The summed E-state index contributed by atoms with van der Waals surface area (Å²) in [7, 11) is 6.95. The Morgan fingerprint density at radius 1 is 0.938 bits per heavy atom. The van der Waals surface area contributed by atoms with Crippen LogP contribution < -0.4 is 24.6 Å². The van der Waals surface area contributed by atoms with Crippen molar-refractivity contribution in [3.05, 3.63) is 70.6 Å². The van der Waals surface area contributed by atoms with Crippen molar-refractivity contribution < 1.29 is 19.1 Å². The van der Waals surface area contributed by atoms with Gasteiger partial charge >= 0.3 is 0 Å². The number of anilines is 3. The minimum Gasteiger partial charge on any atom is -0.497 e. The molecule has 32 heavy (non-hydrogen) atoms. The monoisotopic (exact) mass is 449 g/mol. The third-order valence-corrected chi connectivity index (χ3v) is 6.02. The number of thiophene rings is 1. The fraction of sp³-hybridized carbons (Fsp3) is 0.167. The van der Waals surface area contributed by atoms with Crippen LogP contribution in [0.4, 0.5) is 17.1 Å². The highest BCUT2D eigenvalue weighted by Gasteiger charge is 2.42. The second kappa shape index (κ2) is 8.76. The first-order chi connectivity index (χ1) is 15.4. The maximum absolute atomic E-state index is 13.5. The van der Waals surface area contributed by atoms with Gasteiger partial charge in [0.25, 0.3) is 11.8 Å². The van der Waals surface area contributed by atoms with Crippen LogP contribution in [0.2, 0.25) is 0 Å². The second-order valence-electron chi connectivity index (χ2n) is 7.28. The lowest BCUT2D eigenvalue weighted by molar-refractivity contribution is -0.120. The lowest BCUT2D eigenvalue weighted by Gasteiger charge is -2.19. The molecule has 0 spiro atoms. The predicted molar refractivity (Wildman–Crippen MR) is 128 cm³/mol. The van der Waals surface area contributed by atoms with Gasteiger partial charge in [-0.25, -0.2) is 4.90 Å². The molecule has 0 saturated carbocycles. The van der Waals surface area contributed by atoms with Gasteiger partial charge in [-0.05, 0) is 47.8 Å². The number of hydrogen-bond donors (Lipinski definition) is 1. The van der Waals surface area contributed by atoms with Gasteiger partial charge in [0.15, 0.2) is 0 Å². The van der Waals surface area contributed by atoms with Gasteiger partial charge in [0.05, 0.1) is 25.5 Å². The maximum Gasteiger partial charge on any atom is 0.282 e. The summed E-state index contributed by atoms with van der Waals surface area (Å²) in [6.07, 6.45) is 0. The molecule has 7 nitrogen and oxygen atoms in total. The van der Waals surface area contributed by atoms with Crippen molar-refractivity contribution in [3.8, 4) is 11.5 Å². The lowest BCUT2D eigenvalue weighted by Crippen LogP contribution is -2.32. The number of nitrogens with zero attached hydrogens (tertiary/aromatic N) is 2. The Labute approximate surface area is 190 Å². The molecule has 3 aromatic rings. The minimum absolute atomic E-state index is 0.230. The van der Waals surface area contributed by atoms with E-state index in [1.54, 1.807) is 25.3 Å². The number of carbonyl (C=O) groups excluding carboxylic acids is 2. The molecule has 2 amide bonds. The SMILES string of the molecule is COc1ccc(N2C(=O)C(Nc3ccc(N(C)C)cc3)=C(c3cccs3)C2=O)c(OC)c1. The highest BCUT2D eigenvalue weighted by atomic mass is 32.1. The second-order valence-corrected chi connectivity index (χ2v) is 8.22. The molecule has 2 aromatic carbocycles. The number of methoxy groups -OCH3 is 2. The predicted octanol–water partition coefficient (Wildman–Crippen LogP) is 4.23. The molecule has 0 fully saturated rings. The summed E-state index contributed by atoms with van der Waals surface area (Å²) < 4.78 is 10.7. The van der Waals surface area contributed by atoms with E-state index in [4.69, 9.17) is 9.47 Å². The van der Waals surface area contributed by atoms with Crippen LogP contribution in [0.25, 0.3) is 5.57 Å². The van der Waals surface area contributed by atoms with E-state index in [1.165, 1.54) is 18.4 Å². The molecule has 0 bridgehead atoms. The van der Waals surface area contributed by atoms with Crippen molar-refractivity contribution in [2.45, 2.75) is 0 Å². The minimum atomic E-state index is -0.446. The Hall–Kier alpha value is -3.78. The summed E-state index contributed by atoms with van der Waals surface area (Å²) in [5, 5.41) is 5.05. The Balaban J connectivity index is 1.76. The van der Waals surface area contributed by atoms with Gasteiger partial charge in [0.1, 0.15) is 17.2 Å². The van der Waals surface area contributed by atoms with Gasteiger partial charge in [0.2, 0.25) is 0 Å². The molecule has 1 N–H and O–H groups in total. The van der Waals surface area contributed by atoms with Gasteiger partial charge in [-0.2, -0.15) is 0 Å². The fourth-order valence-electron chi connectivity index (χ4n) is 3.47. The topological polar surface area (TPSA) is 71.1 Å². The molecular weight excluding hydrogens is 426 g/mol. The molecule has 1 aromatic heterocycles. The van der Waals surface area contributed by atoms with Crippen molar-refractivity contribution in [1.82, 2.24) is 0 Å². The summed E-state index contributed by atoms with van der Waals surface area (Å²) in [6.45, 7) is 0. The molecule has 8 heteroatoms. The quantitative estimate of drug-likeness (QED) is 0.545. The van der Waals surface area contributed by atoms with Gasteiger partial charge in [0, 0.05) is 36.4 Å². The van der Waals surface area contributed by atoms with E-state index in [0.717, 1.165) is 10.6 Å². The van der Waals surface area contributed by atoms with Crippen LogP contribution in [0.1, 0.15) is 4.88 Å². The van der Waals surface area contributed by atoms with E-state index in [-0.39, 0.29) is 5.70 Å². The highest BCUT2D eigenvalue weighted by Crippen LogP contribution is 2.40. The molecule has 0 unspecified atom stereocenters. The van der Waals surface area contributed by atoms with Crippen LogP contribution in [0, 0.1) is 0 Å². The van der Waals surface area contributed by atoms with Crippen molar-refractivity contribution >= 4 is 45.8 Å². The maximum atomic E-state index is 13.5. The molecule has 4 rings (SSSR count). The molecule has 2 heterocycles. The third kappa shape index (κ3) is 3.80. The van der Waals surface area contributed by atoms with E-state index >= 15 is 0 Å². The van der Waals surface area contributed by atoms with Crippen LogP contribution in [0.15, 0.2) is 65.7 Å². The molecule has 0 radical (unpaired) electrons. The van der Waals surface area contributed by atoms with E-state index in [0.29, 0.717) is 33.3 Å². The van der Waals surface area contributed by atoms with Crippen molar-refractivity contribution in [2.75, 3.05) is 43.4 Å². The smallest absolute Gasteiger partial charge is 0.282 e. The Bertz CT molecular complexity index is 1180. The molecule has 164 valence electrons. The van der Waals surface area contributed by atoms with Gasteiger partial charge in [-0.15, -0.1) is 11.3 Å². The van der Waals surface area contributed by atoms with E-state index < -0.39 is 11.8 Å². The first-order valence-corrected chi connectivity index (χ1v) is 10.8. The van der Waals surface area contributed by atoms with Gasteiger partial charge < -0.3 is 19.7 Å². The average molecular weight is 450 g/mol. The summed E-state index contributed by atoms with van der Waals surface area (Å²) in [4.78, 5) is 30.9. The standard InChI is InChI=1S/C24H23N3O4S/c1-26(2)16-9-7-15(8-10-16)25-22-21(20-6-5-13-32-20)23(28)27(24(22)29)18-12-11-17(30-3)14-19(18)31-4/h5-14,25H,1-4H3. The van der Waals surface area contributed by atoms with Crippen LogP contribution >= 0.6 is 11.3 Å². The van der Waals surface area contributed by atoms with E-state index in [9.17, 15) is 9.59 Å². The summed E-state index contributed by atoms with van der Waals surface area (Å²) >= 11 is 1.40. The number of benzene rings is 2. The van der Waals surface area contributed by atoms with E-state index in [1.807, 2.05) is 60.8 Å². The molecule has 0 atom stereocenters. The summed E-state index contributed by atoms with van der Waals surface area (Å²) in [5.74, 6) is 0.0792. The molecule has 1 aliphatic heterocycles. The van der Waals surface area contributed by atoms with Crippen LogP contribution in [0.5, 0.6) is 11.5 Å². The average Bonchev–Trinajstić information content (AvgIpc) is 3.40. The lowest BCUT2D eigenvalue weighted by atomic mass is 10.1.